The summed E-state index contributed by atoms with van der Waals surface area (Å²) in [4.78, 5) is 11.7. The molecule has 0 saturated carbocycles. The molecule has 0 bridgehead atoms. The molecule has 4 nitrogen and oxygen atoms in total. The second-order valence-corrected chi connectivity index (χ2v) is 8.75. The van der Waals surface area contributed by atoms with E-state index in [1.54, 1.807) is 25.2 Å². The van der Waals surface area contributed by atoms with E-state index in [2.05, 4.69) is 16.9 Å². The molecule has 0 N–H and O–H groups in total. The number of methoxy groups -OCH3 is 1. The highest BCUT2D eigenvalue weighted by Gasteiger charge is 2.23. The first-order chi connectivity index (χ1) is 12.7. The Kier molecular flexibility index (Phi) is 5.31. The van der Waals surface area contributed by atoms with E-state index in [0.29, 0.717) is 6.61 Å². The molecule has 0 aliphatic heterocycles. The summed E-state index contributed by atoms with van der Waals surface area (Å²) < 4.78 is 11.0. The lowest BCUT2D eigenvalue weighted by molar-refractivity contribution is 0.342. The van der Waals surface area contributed by atoms with Crippen LogP contribution in [0, 0.1) is 5.92 Å². The van der Waals surface area contributed by atoms with Gasteiger partial charge < -0.3 is 9.47 Å². The molecule has 0 saturated heterocycles. The second-order valence-electron chi connectivity index (χ2n) is 6.58. The van der Waals surface area contributed by atoms with Crippen molar-refractivity contribution in [2.24, 2.45) is 5.92 Å². The zero-order valence-electron chi connectivity index (χ0n) is 15.0. The van der Waals surface area contributed by atoms with Gasteiger partial charge in [-0.05, 0) is 55.0 Å². The Morgan fingerprint density at radius 2 is 2.00 bits per heavy atom. The van der Waals surface area contributed by atoms with Crippen molar-refractivity contribution in [3.8, 4) is 11.5 Å². The minimum absolute atomic E-state index is 0.645. The molecule has 4 rings (SSSR count). The van der Waals surface area contributed by atoms with Gasteiger partial charge in [0, 0.05) is 16.0 Å². The van der Waals surface area contributed by atoms with Gasteiger partial charge in [-0.25, -0.2) is 9.97 Å². The first-order valence-electron chi connectivity index (χ1n) is 8.89. The van der Waals surface area contributed by atoms with Crippen LogP contribution >= 0.6 is 23.1 Å². The summed E-state index contributed by atoms with van der Waals surface area (Å²) in [5.74, 6) is 3.34. The average Bonchev–Trinajstić information content (AvgIpc) is 3.03. The molecule has 1 aliphatic rings. The van der Waals surface area contributed by atoms with E-state index in [0.717, 1.165) is 39.4 Å². The first kappa shape index (κ1) is 17.6. The van der Waals surface area contributed by atoms with E-state index in [4.69, 9.17) is 9.47 Å². The van der Waals surface area contributed by atoms with Gasteiger partial charge in [-0.3, -0.25) is 0 Å². The predicted molar refractivity (Wildman–Crippen MR) is 108 cm³/mol. The number of rotatable bonds is 6. The highest BCUT2D eigenvalue weighted by Crippen LogP contribution is 2.40. The number of aryl methyl sites for hydroxylation is 1. The molecule has 136 valence electrons. The standard InChI is InChI=1S/C20H22N2O2S2/c1-13-3-8-16-17(11-13)26-20-18(16)19(21-12-22-20)25-10-9-24-15-6-4-14(23-2)5-7-15/h4-7,12-13H,3,8-11H2,1-2H3. The van der Waals surface area contributed by atoms with Gasteiger partial charge >= 0.3 is 0 Å². The average molecular weight is 387 g/mol. The van der Waals surface area contributed by atoms with E-state index in [1.807, 2.05) is 35.6 Å². The molecule has 26 heavy (non-hydrogen) atoms. The van der Waals surface area contributed by atoms with Crippen LogP contribution in [0.5, 0.6) is 11.5 Å². The minimum atomic E-state index is 0.645. The van der Waals surface area contributed by atoms with Crippen LogP contribution in [0.4, 0.5) is 0 Å². The van der Waals surface area contributed by atoms with Crippen molar-refractivity contribution in [2.45, 2.75) is 31.2 Å². The van der Waals surface area contributed by atoms with Gasteiger partial charge in [0.25, 0.3) is 0 Å². The molecule has 0 amide bonds. The van der Waals surface area contributed by atoms with Gasteiger partial charge in [0.15, 0.2) is 0 Å². The Balaban J connectivity index is 1.42. The van der Waals surface area contributed by atoms with Crippen molar-refractivity contribution in [2.75, 3.05) is 19.5 Å². The van der Waals surface area contributed by atoms with Crippen molar-refractivity contribution >= 4 is 33.3 Å². The number of hydrogen-bond donors (Lipinski definition) is 0. The van der Waals surface area contributed by atoms with E-state index in [9.17, 15) is 0 Å². The number of ether oxygens (including phenoxy) is 2. The topological polar surface area (TPSA) is 44.2 Å². The normalized spacial score (nSPS) is 16.5. The maximum atomic E-state index is 5.83. The van der Waals surface area contributed by atoms with E-state index in [1.165, 1.54) is 28.7 Å². The largest absolute Gasteiger partial charge is 0.497 e. The summed E-state index contributed by atoms with van der Waals surface area (Å²) in [6.45, 7) is 2.98. The fraction of sp³-hybridized carbons (Fsp3) is 0.400. The molecule has 1 atom stereocenters. The van der Waals surface area contributed by atoms with E-state index < -0.39 is 0 Å². The molecule has 0 radical (unpaired) electrons. The van der Waals surface area contributed by atoms with Crippen molar-refractivity contribution in [1.82, 2.24) is 9.97 Å². The van der Waals surface area contributed by atoms with Crippen LogP contribution in [0.25, 0.3) is 10.2 Å². The van der Waals surface area contributed by atoms with Crippen molar-refractivity contribution in [3.63, 3.8) is 0 Å². The first-order valence-corrected chi connectivity index (χ1v) is 10.7. The second kappa shape index (κ2) is 7.84. The smallest absolute Gasteiger partial charge is 0.128 e. The molecule has 1 unspecified atom stereocenters. The molecular weight excluding hydrogens is 364 g/mol. The van der Waals surface area contributed by atoms with Gasteiger partial charge in [0.1, 0.15) is 27.7 Å². The number of thiophene rings is 1. The Morgan fingerprint density at radius 1 is 1.19 bits per heavy atom. The Morgan fingerprint density at radius 3 is 2.81 bits per heavy atom. The maximum Gasteiger partial charge on any atom is 0.128 e. The third-order valence-corrected chi connectivity index (χ3v) is 6.82. The Hall–Kier alpha value is -1.79. The lowest BCUT2D eigenvalue weighted by Gasteiger charge is -2.18. The van der Waals surface area contributed by atoms with Crippen LogP contribution in [0.2, 0.25) is 0 Å². The van der Waals surface area contributed by atoms with Crippen LogP contribution in [0.1, 0.15) is 23.8 Å². The van der Waals surface area contributed by atoms with Crippen LogP contribution < -0.4 is 9.47 Å². The molecule has 0 spiro atoms. The Bertz CT molecular complexity index is 893. The fourth-order valence-electron chi connectivity index (χ4n) is 3.33. The molecule has 3 aromatic rings. The molecule has 1 aliphatic carbocycles. The SMILES string of the molecule is COc1ccc(OCCSc2ncnc3sc4c(c23)CCC(C)C4)cc1. The van der Waals surface area contributed by atoms with Crippen molar-refractivity contribution < 1.29 is 9.47 Å². The summed E-state index contributed by atoms with van der Waals surface area (Å²) in [7, 11) is 1.67. The van der Waals surface area contributed by atoms with Gasteiger partial charge in [-0.1, -0.05) is 6.92 Å². The van der Waals surface area contributed by atoms with Crippen LogP contribution in [-0.2, 0) is 12.8 Å². The summed E-state index contributed by atoms with van der Waals surface area (Å²) in [5, 5.41) is 2.38. The van der Waals surface area contributed by atoms with Gasteiger partial charge in [-0.15, -0.1) is 23.1 Å². The summed E-state index contributed by atoms with van der Waals surface area (Å²) in [5.41, 5.74) is 1.49. The number of aromatic nitrogens is 2. The molecule has 1 aromatic carbocycles. The minimum Gasteiger partial charge on any atom is -0.497 e. The van der Waals surface area contributed by atoms with E-state index >= 15 is 0 Å². The molecule has 2 heterocycles. The molecule has 6 heteroatoms. The zero-order chi connectivity index (χ0) is 17.9. The van der Waals surface area contributed by atoms with Gasteiger partial charge in [0.05, 0.1) is 13.7 Å². The summed E-state index contributed by atoms with van der Waals surface area (Å²) >= 11 is 3.61. The summed E-state index contributed by atoms with van der Waals surface area (Å²) in [6.07, 6.45) is 5.29. The van der Waals surface area contributed by atoms with E-state index in [-0.39, 0.29) is 0 Å². The quantitative estimate of drug-likeness (QED) is 0.339. The highest BCUT2D eigenvalue weighted by molar-refractivity contribution is 7.99. The zero-order valence-corrected chi connectivity index (χ0v) is 16.7. The fourth-order valence-corrected chi connectivity index (χ4v) is 5.59. The lowest BCUT2D eigenvalue weighted by Crippen LogP contribution is -2.08. The van der Waals surface area contributed by atoms with Crippen molar-refractivity contribution in [3.05, 3.63) is 41.0 Å². The van der Waals surface area contributed by atoms with Crippen molar-refractivity contribution in [1.29, 1.82) is 0 Å². The lowest BCUT2D eigenvalue weighted by atomic mass is 9.89. The molecule has 2 aromatic heterocycles. The highest BCUT2D eigenvalue weighted by atomic mass is 32.2. The van der Waals surface area contributed by atoms with Crippen LogP contribution in [0.15, 0.2) is 35.6 Å². The number of nitrogens with zero attached hydrogens (tertiary/aromatic N) is 2. The Labute approximate surface area is 162 Å². The third kappa shape index (κ3) is 3.67. The maximum absolute atomic E-state index is 5.83. The summed E-state index contributed by atoms with van der Waals surface area (Å²) in [6, 6.07) is 7.69. The molecule has 0 fully saturated rings. The number of fused-ring (bicyclic) bond motifs is 3. The predicted octanol–water partition coefficient (Wildman–Crippen LogP) is 5.00. The molecular formula is C20H22N2O2S2. The number of hydrogen-bond acceptors (Lipinski definition) is 6. The van der Waals surface area contributed by atoms with Gasteiger partial charge in [-0.2, -0.15) is 0 Å². The van der Waals surface area contributed by atoms with Crippen LogP contribution in [0.3, 0.4) is 0 Å². The number of benzene rings is 1. The van der Waals surface area contributed by atoms with Gasteiger partial charge in [0.2, 0.25) is 0 Å². The third-order valence-electron chi connectivity index (χ3n) is 4.71. The monoisotopic (exact) mass is 386 g/mol. The number of thioether (sulfide) groups is 1. The van der Waals surface area contributed by atoms with Crippen LogP contribution in [-0.4, -0.2) is 29.4 Å².